The van der Waals surface area contributed by atoms with E-state index in [1.165, 1.54) is 0 Å². The van der Waals surface area contributed by atoms with Crippen molar-refractivity contribution in [3.8, 4) is 0 Å². The fraction of sp³-hybridized carbons (Fsp3) is 0.583. The molecule has 0 aromatic carbocycles. The highest BCUT2D eigenvalue weighted by Gasteiger charge is 2.21. The molecule has 2 nitrogen and oxygen atoms in total. The summed E-state index contributed by atoms with van der Waals surface area (Å²) in [5.74, 6) is 0.794. The number of carbonyl (C=O) groups excluding carboxylic acids is 1. The fourth-order valence-electron chi connectivity index (χ4n) is 1.84. The summed E-state index contributed by atoms with van der Waals surface area (Å²) >= 11 is 0. The largest absolute Gasteiger partial charge is 0.375 e. The molecule has 0 bridgehead atoms. The van der Waals surface area contributed by atoms with Gasteiger partial charge in [0.15, 0.2) is 0 Å². The summed E-state index contributed by atoms with van der Waals surface area (Å²) in [6.45, 7) is 8.65. The maximum atomic E-state index is 11.4. The van der Waals surface area contributed by atoms with Crippen LogP contribution in [-0.4, -0.2) is 24.3 Å². The number of rotatable bonds is 1. The Bertz CT molecular complexity index is 267. The summed E-state index contributed by atoms with van der Waals surface area (Å²) in [6, 6.07) is 0. The van der Waals surface area contributed by atoms with Gasteiger partial charge in [-0.25, -0.2) is 0 Å². The first kappa shape index (κ1) is 11.0. The van der Waals surface area contributed by atoms with E-state index in [0.717, 1.165) is 18.7 Å². The molecule has 0 amide bonds. The van der Waals surface area contributed by atoms with Gasteiger partial charge in [0, 0.05) is 25.2 Å². The van der Waals surface area contributed by atoms with E-state index in [2.05, 4.69) is 24.5 Å². The van der Waals surface area contributed by atoms with Gasteiger partial charge in [0.05, 0.1) is 0 Å². The minimum atomic E-state index is 0.168. The molecule has 1 aliphatic rings. The molecule has 14 heavy (non-hydrogen) atoms. The number of nitrogens with zero attached hydrogens (tertiary/aromatic N) is 1. The van der Waals surface area contributed by atoms with Crippen molar-refractivity contribution in [3.05, 3.63) is 24.4 Å². The highest BCUT2D eigenvalue weighted by atomic mass is 16.1. The number of Topliss-reactive ketones (excluding diaryl/α,β-unsaturated/α-hetero) is 1. The van der Waals surface area contributed by atoms with Gasteiger partial charge in [-0.05, 0) is 25.3 Å². The van der Waals surface area contributed by atoms with Gasteiger partial charge in [-0.2, -0.15) is 0 Å². The number of hydrogen-bond donors (Lipinski definition) is 0. The summed E-state index contributed by atoms with van der Waals surface area (Å²) in [4.78, 5) is 13.5. The lowest BCUT2D eigenvalue weighted by atomic mass is 9.86. The first-order valence-electron chi connectivity index (χ1n) is 5.11. The average Bonchev–Trinajstić information content (AvgIpc) is 2.11. The Balaban J connectivity index is 2.80. The fourth-order valence-corrected chi connectivity index (χ4v) is 1.84. The molecule has 2 unspecified atom stereocenters. The van der Waals surface area contributed by atoms with Crippen molar-refractivity contribution in [3.63, 3.8) is 0 Å². The van der Waals surface area contributed by atoms with Crippen LogP contribution in [0.5, 0.6) is 0 Å². The maximum absolute atomic E-state index is 11.4. The standard InChI is InChI=1S/C12H19NO/c1-9-5-6-10(2)13(4)8-7-12(9)11(3)14/h5-6,9,12H,2,7-8H2,1,3-4H3/b6-5-. The minimum absolute atomic E-state index is 0.168. The Morgan fingerprint density at radius 1 is 1.64 bits per heavy atom. The van der Waals surface area contributed by atoms with Gasteiger partial charge < -0.3 is 4.90 Å². The van der Waals surface area contributed by atoms with Gasteiger partial charge in [-0.15, -0.1) is 0 Å². The van der Waals surface area contributed by atoms with Crippen LogP contribution in [0.25, 0.3) is 0 Å². The van der Waals surface area contributed by atoms with Crippen molar-refractivity contribution >= 4 is 5.78 Å². The van der Waals surface area contributed by atoms with Crippen LogP contribution in [-0.2, 0) is 4.79 Å². The van der Waals surface area contributed by atoms with E-state index in [1.807, 2.05) is 13.1 Å². The second kappa shape index (κ2) is 4.45. The SMILES string of the molecule is C=C1/C=C\C(C)C(C(C)=O)CCN1C. The Kier molecular flexibility index (Phi) is 3.50. The van der Waals surface area contributed by atoms with Crippen LogP contribution in [0.3, 0.4) is 0 Å². The molecule has 2 heteroatoms. The Labute approximate surface area is 86.3 Å². The zero-order valence-corrected chi connectivity index (χ0v) is 9.29. The van der Waals surface area contributed by atoms with Crippen molar-refractivity contribution in [2.75, 3.05) is 13.6 Å². The summed E-state index contributed by atoms with van der Waals surface area (Å²) in [7, 11) is 2.01. The molecule has 78 valence electrons. The van der Waals surface area contributed by atoms with Crippen molar-refractivity contribution in [2.24, 2.45) is 11.8 Å². The molecule has 0 aromatic heterocycles. The number of ketones is 1. The molecule has 0 N–H and O–H groups in total. The molecule has 1 heterocycles. The first-order valence-corrected chi connectivity index (χ1v) is 5.11. The summed E-state index contributed by atoms with van der Waals surface area (Å²) in [6.07, 6.45) is 5.03. The lowest BCUT2D eigenvalue weighted by Gasteiger charge is -2.27. The quantitative estimate of drug-likeness (QED) is 0.636. The minimum Gasteiger partial charge on any atom is -0.375 e. The molecule has 2 atom stereocenters. The van der Waals surface area contributed by atoms with Gasteiger partial charge in [0.2, 0.25) is 0 Å². The van der Waals surface area contributed by atoms with E-state index >= 15 is 0 Å². The third-order valence-corrected chi connectivity index (χ3v) is 3.01. The van der Waals surface area contributed by atoms with E-state index < -0.39 is 0 Å². The highest BCUT2D eigenvalue weighted by Crippen LogP contribution is 2.22. The predicted molar refractivity (Wildman–Crippen MR) is 58.9 cm³/mol. The predicted octanol–water partition coefficient (Wildman–Crippen LogP) is 2.23. The monoisotopic (exact) mass is 193 g/mol. The van der Waals surface area contributed by atoms with Crippen LogP contribution in [0.2, 0.25) is 0 Å². The summed E-state index contributed by atoms with van der Waals surface area (Å²) < 4.78 is 0. The summed E-state index contributed by atoms with van der Waals surface area (Å²) in [5.41, 5.74) is 1.03. The van der Waals surface area contributed by atoms with Crippen molar-refractivity contribution in [2.45, 2.75) is 20.3 Å². The maximum Gasteiger partial charge on any atom is 0.133 e. The van der Waals surface area contributed by atoms with Gasteiger partial charge in [-0.1, -0.05) is 19.6 Å². The van der Waals surface area contributed by atoms with Gasteiger partial charge in [0.25, 0.3) is 0 Å². The van der Waals surface area contributed by atoms with Crippen molar-refractivity contribution < 1.29 is 4.79 Å². The molecule has 0 fully saturated rings. The molecular weight excluding hydrogens is 174 g/mol. The normalized spacial score (nSPS) is 30.8. The van der Waals surface area contributed by atoms with Crippen molar-refractivity contribution in [1.82, 2.24) is 4.90 Å². The van der Waals surface area contributed by atoms with Crippen LogP contribution in [0.1, 0.15) is 20.3 Å². The Morgan fingerprint density at radius 2 is 2.29 bits per heavy atom. The van der Waals surface area contributed by atoms with Gasteiger partial charge >= 0.3 is 0 Å². The van der Waals surface area contributed by atoms with Crippen LogP contribution < -0.4 is 0 Å². The zero-order valence-electron chi connectivity index (χ0n) is 9.29. The molecular formula is C12H19NO. The number of carbonyl (C=O) groups is 1. The lowest BCUT2D eigenvalue weighted by Crippen LogP contribution is -2.27. The van der Waals surface area contributed by atoms with Gasteiger partial charge in [0.1, 0.15) is 5.78 Å². The molecule has 0 spiro atoms. The van der Waals surface area contributed by atoms with E-state index in [1.54, 1.807) is 6.92 Å². The zero-order chi connectivity index (χ0) is 10.7. The third-order valence-electron chi connectivity index (χ3n) is 3.01. The second-order valence-corrected chi connectivity index (χ2v) is 4.14. The van der Waals surface area contributed by atoms with Crippen LogP contribution in [0.4, 0.5) is 0 Å². The van der Waals surface area contributed by atoms with E-state index in [-0.39, 0.29) is 5.92 Å². The Hall–Kier alpha value is -1.05. The molecule has 1 rings (SSSR count). The molecule has 0 saturated heterocycles. The second-order valence-electron chi connectivity index (χ2n) is 4.14. The Morgan fingerprint density at radius 3 is 2.86 bits per heavy atom. The van der Waals surface area contributed by atoms with Crippen LogP contribution in [0.15, 0.2) is 24.4 Å². The summed E-state index contributed by atoms with van der Waals surface area (Å²) in [5, 5.41) is 0. The molecule has 0 aliphatic carbocycles. The average molecular weight is 193 g/mol. The van der Waals surface area contributed by atoms with Gasteiger partial charge in [-0.3, -0.25) is 4.79 Å². The molecule has 0 aromatic rings. The topological polar surface area (TPSA) is 20.3 Å². The van der Waals surface area contributed by atoms with E-state index in [4.69, 9.17) is 0 Å². The van der Waals surface area contributed by atoms with Crippen molar-refractivity contribution in [1.29, 1.82) is 0 Å². The molecule has 1 aliphatic heterocycles. The first-order chi connectivity index (χ1) is 6.52. The lowest BCUT2D eigenvalue weighted by molar-refractivity contribution is -0.122. The number of allylic oxidation sites excluding steroid dienone is 2. The van der Waals surface area contributed by atoms with E-state index in [0.29, 0.717) is 11.7 Å². The van der Waals surface area contributed by atoms with Crippen LogP contribution in [0, 0.1) is 11.8 Å². The third kappa shape index (κ3) is 2.47. The molecule has 0 radical (unpaired) electrons. The molecule has 0 saturated carbocycles. The van der Waals surface area contributed by atoms with Crippen LogP contribution >= 0.6 is 0 Å². The number of hydrogen-bond acceptors (Lipinski definition) is 2. The number of likely N-dealkylation sites (N-methyl/N-ethyl adjacent to an activating group) is 1. The smallest absolute Gasteiger partial charge is 0.133 e. The highest BCUT2D eigenvalue weighted by molar-refractivity contribution is 5.78. The van der Waals surface area contributed by atoms with E-state index in [9.17, 15) is 4.79 Å².